The minimum atomic E-state index is -0.390. The van der Waals surface area contributed by atoms with E-state index >= 15 is 0 Å². The molecule has 0 atom stereocenters. The number of nitrogens with zero attached hydrogens (tertiary/aromatic N) is 1. The van der Waals surface area contributed by atoms with Gasteiger partial charge in [0.15, 0.2) is 0 Å². The lowest BCUT2D eigenvalue weighted by Gasteiger charge is -1.77. The van der Waals surface area contributed by atoms with Gasteiger partial charge in [-0.25, -0.2) is 0 Å². The van der Waals surface area contributed by atoms with Gasteiger partial charge in [0.25, 0.3) is 5.69 Å². The van der Waals surface area contributed by atoms with Crippen molar-refractivity contribution in [3.8, 4) is 0 Å². The van der Waals surface area contributed by atoms with Gasteiger partial charge in [0.2, 0.25) is 0 Å². The molecule has 0 aliphatic carbocycles. The molecule has 0 aliphatic heterocycles. The average molecular weight is 255 g/mol. The molecule has 1 heterocycles. The molecule has 0 N–H and O–H groups in total. The van der Waals surface area contributed by atoms with Crippen molar-refractivity contribution in [1.82, 2.24) is 0 Å². The summed E-state index contributed by atoms with van der Waals surface area (Å²) in [5.41, 5.74) is 0.185. The van der Waals surface area contributed by atoms with Crippen LogP contribution in [0.4, 0.5) is 5.69 Å². The topological polar surface area (TPSA) is 43.1 Å². The molecule has 0 fully saturated rings. The second-order valence-electron chi connectivity index (χ2n) is 1.37. The lowest BCUT2D eigenvalue weighted by Crippen LogP contribution is -1.82. The van der Waals surface area contributed by atoms with Crippen LogP contribution in [0.15, 0.2) is 11.4 Å². The minimum absolute atomic E-state index is 0.185. The Kier molecular flexibility index (Phi) is 2.01. The summed E-state index contributed by atoms with van der Waals surface area (Å²) in [5.74, 6) is 0. The molecule has 0 saturated carbocycles. The predicted molar refractivity (Wildman–Crippen MR) is 43.7 cm³/mol. The SMILES string of the molecule is O=[N+]([O-])c1csc(I)c1. The first kappa shape index (κ1) is 6.94. The lowest BCUT2D eigenvalue weighted by atomic mass is 10.6. The molecular formula is C4H2INO2S. The van der Waals surface area contributed by atoms with Crippen molar-refractivity contribution >= 4 is 39.6 Å². The van der Waals surface area contributed by atoms with Gasteiger partial charge in [-0.05, 0) is 22.6 Å². The molecule has 48 valence electrons. The molecule has 0 aromatic carbocycles. The van der Waals surface area contributed by atoms with Crippen LogP contribution in [-0.4, -0.2) is 4.92 Å². The summed E-state index contributed by atoms with van der Waals surface area (Å²) in [4.78, 5) is 9.63. The number of nitro groups is 1. The van der Waals surface area contributed by atoms with E-state index < -0.39 is 4.92 Å². The Hall–Kier alpha value is -0.170. The van der Waals surface area contributed by atoms with Gasteiger partial charge in [-0.1, -0.05) is 0 Å². The van der Waals surface area contributed by atoms with Crippen molar-refractivity contribution in [3.63, 3.8) is 0 Å². The fourth-order valence-electron chi connectivity index (χ4n) is 0.397. The van der Waals surface area contributed by atoms with Gasteiger partial charge in [-0.3, -0.25) is 10.1 Å². The van der Waals surface area contributed by atoms with Crippen LogP contribution in [0.3, 0.4) is 0 Å². The van der Waals surface area contributed by atoms with E-state index in [0.29, 0.717) is 0 Å². The van der Waals surface area contributed by atoms with E-state index in [1.165, 1.54) is 16.7 Å². The Morgan fingerprint density at radius 1 is 1.78 bits per heavy atom. The Balaban J connectivity index is 2.98. The minimum Gasteiger partial charge on any atom is -0.258 e. The number of rotatable bonds is 1. The van der Waals surface area contributed by atoms with Gasteiger partial charge in [0, 0.05) is 6.07 Å². The zero-order valence-electron chi connectivity index (χ0n) is 4.20. The molecule has 0 amide bonds. The van der Waals surface area contributed by atoms with Crippen LogP contribution in [0.5, 0.6) is 0 Å². The van der Waals surface area contributed by atoms with E-state index in [4.69, 9.17) is 0 Å². The lowest BCUT2D eigenvalue weighted by molar-refractivity contribution is -0.384. The van der Waals surface area contributed by atoms with Crippen molar-refractivity contribution in [2.24, 2.45) is 0 Å². The highest BCUT2D eigenvalue weighted by molar-refractivity contribution is 14.1. The summed E-state index contributed by atoms with van der Waals surface area (Å²) in [6.45, 7) is 0. The van der Waals surface area contributed by atoms with Crippen LogP contribution in [-0.2, 0) is 0 Å². The first-order valence-corrected chi connectivity index (χ1v) is 4.04. The molecule has 0 radical (unpaired) electrons. The quantitative estimate of drug-likeness (QED) is 0.439. The summed E-state index contributed by atoms with van der Waals surface area (Å²) in [6, 6.07) is 1.55. The number of hydrogen-bond donors (Lipinski definition) is 0. The van der Waals surface area contributed by atoms with Gasteiger partial charge in [0.1, 0.15) is 0 Å². The van der Waals surface area contributed by atoms with Gasteiger partial charge >= 0.3 is 0 Å². The van der Waals surface area contributed by atoms with Crippen molar-refractivity contribution in [1.29, 1.82) is 0 Å². The van der Waals surface area contributed by atoms with Gasteiger partial charge in [-0.15, -0.1) is 11.3 Å². The summed E-state index contributed by atoms with van der Waals surface area (Å²) in [6.07, 6.45) is 0. The first-order valence-electron chi connectivity index (χ1n) is 2.08. The van der Waals surface area contributed by atoms with E-state index in [0.717, 1.165) is 2.88 Å². The van der Waals surface area contributed by atoms with E-state index in [1.807, 2.05) is 22.6 Å². The van der Waals surface area contributed by atoms with Crippen LogP contribution in [0.2, 0.25) is 0 Å². The Morgan fingerprint density at radius 2 is 2.44 bits per heavy atom. The van der Waals surface area contributed by atoms with E-state index in [2.05, 4.69) is 0 Å². The normalized spacial score (nSPS) is 9.44. The third kappa shape index (κ3) is 1.62. The number of halogens is 1. The largest absolute Gasteiger partial charge is 0.281 e. The standard InChI is InChI=1S/C4H2INO2S/c5-4-1-3(2-9-4)6(7)8/h1-2H. The van der Waals surface area contributed by atoms with Crippen molar-refractivity contribution in [3.05, 3.63) is 24.4 Å². The van der Waals surface area contributed by atoms with Crippen molar-refractivity contribution in [2.75, 3.05) is 0 Å². The van der Waals surface area contributed by atoms with Crippen LogP contribution < -0.4 is 0 Å². The fraction of sp³-hybridized carbons (Fsp3) is 0. The molecule has 1 aromatic heterocycles. The number of thiophene rings is 1. The van der Waals surface area contributed by atoms with Crippen molar-refractivity contribution in [2.45, 2.75) is 0 Å². The molecule has 3 nitrogen and oxygen atoms in total. The van der Waals surface area contributed by atoms with E-state index in [9.17, 15) is 10.1 Å². The maximum atomic E-state index is 10.0. The van der Waals surface area contributed by atoms with E-state index in [-0.39, 0.29) is 5.69 Å². The maximum Gasteiger partial charge on any atom is 0.281 e. The Labute approximate surface area is 69.0 Å². The highest BCUT2D eigenvalue weighted by Crippen LogP contribution is 2.21. The molecule has 0 bridgehead atoms. The molecule has 9 heavy (non-hydrogen) atoms. The third-order valence-electron chi connectivity index (χ3n) is 0.764. The summed E-state index contributed by atoms with van der Waals surface area (Å²) >= 11 is 3.43. The highest BCUT2D eigenvalue weighted by Gasteiger charge is 2.05. The predicted octanol–water partition coefficient (Wildman–Crippen LogP) is 2.26. The molecule has 0 aliphatic rings. The van der Waals surface area contributed by atoms with Crippen molar-refractivity contribution < 1.29 is 4.92 Å². The second kappa shape index (κ2) is 2.61. The van der Waals surface area contributed by atoms with Crippen LogP contribution in [0, 0.1) is 13.0 Å². The summed E-state index contributed by atoms with van der Waals surface area (Å²) in [7, 11) is 0. The van der Waals surface area contributed by atoms with E-state index in [1.54, 1.807) is 6.07 Å². The Bertz CT molecular complexity index is 234. The van der Waals surface area contributed by atoms with Crippen LogP contribution >= 0.6 is 33.9 Å². The molecule has 1 rings (SSSR count). The van der Waals surface area contributed by atoms with Gasteiger partial charge < -0.3 is 0 Å². The molecule has 0 saturated heterocycles. The zero-order chi connectivity index (χ0) is 6.85. The first-order chi connectivity index (χ1) is 4.20. The number of hydrogen-bond acceptors (Lipinski definition) is 3. The Morgan fingerprint density at radius 3 is 2.67 bits per heavy atom. The molecule has 1 aromatic rings. The molecule has 5 heteroatoms. The second-order valence-corrected chi connectivity index (χ2v) is 4.17. The third-order valence-corrected chi connectivity index (χ3v) is 2.54. The van der Waals surface area contributed by atoms with Crippen LogP contribution in [0.25, 0.3) is 0 Å². The molecule has 0 unspecified atom stereocenters. The average Bonchev–Trinajstić information content (AvgIpc) is 2.14. The van der Waals surface area contributed by atoms with Gasteiger partial charge in [-0.2, -0.15) is 0 Å². The molecular weight excluding hydrogens is 253 g/mol. The smallest absolute Gasteiger partial charge is 0.258 e. The highest BCUT2D eigenvalue weighted by atomic mass is 127. The summed E-state index contributed by atoms with van der Waals surface area (Å²) < 4.78 is 0.944. The molecule has 0 spiro atoms. The zero-order valence-corrected chi connectivity index (χ0v) is 7.18. The van der Waals surface area contributed by atoms with Gasteiger partial charge in [0.05, 0.1) is 13.2 Å². The van der Waals surface area contributed by atoms with Crippen LogP contribution in [0.1, 0.15) is 0 Å². The monoisotopic (exact) mass is 255 g/mol. The fourth-order valence-corrected chi connectivity index (χ4v) is 1.67. The maximum absolute atomic E-state index is 10.0. The summed E-state index contributed by atoms with van der Waals surface area (Å²) in [5, 5.41) is 11.6.